The maximum atomic E-state index is 12.4. The van der Waals surface area contributed by atoms with Crippen molar-refractivity contribution in [2.45, 2.75) is 37.9 Å². The van der Waals surface area contributed by atoms with Crippen molar-refractivity contribution in [2.24, 2.45) is 5.84 Å². The van der Waals surface area contributed by atoms with E-state index in [1.807, 2.05) is 0 Å². The van der Waals surface area contributed by atoms with Gasteiger partial charge in [-0.05, 0) is 12.5 Å². The van der Waals surface area contributed by atoms with Gasteiger partial charge in [0.25, 0.3) is 0 Å². The van der Waals surface area contributed by atoms with E-state index in [0.29, 0.717) is 16.6 Å². The molecular formula is C13H19F3N2OS. The number of hydrazine groups is 1. The summed E-state index contributed by atoms with van der Waals surface area (Å²) in [5.41, 5.74) is 2.96. The maximum Gasteiger partial charge on any atom is 0.573 e. The number of para-hydroxylation sites is 1. The SMILES string of the molecule is CCC(C)SCC(NN)c1ccccc1OC(F)(F)F. The van der Waals surface area contributed by atoms with Gasteiger partial charge in [-0.1, -0.05) is 32.0 Å². The Morgan fingerprint density at radius 3 is 2.55 bits per heavy atom. The number of thioether (sulfide) groups is 1. The summed E-state index contributed by atoms with van der Waals surface area (Å²) in [5.74, 6) is 5.82. The molecule has 0 heterocycles. The second-order valence-corrected chi connectivity index (χ2v) is 5.83. The highest BCUT2D eigenvalue weighted by Crippen LogP contribution is 2.32. The van der Waals surface area contributed by atoms with Gasteiger partial charge in [0.2, 0.25) is 0 Å². The molecule has 1 aromatic carbocycles. The molecule has 0 bridgehead atoms. The third kappa shape index (κ3) is 5.60. The molecule has 0 saturated heterocycles. The highest BCUT2D eigenvalue weighted by Gasteiger charge is 2.32. The molecule has 1 aromatic rings. The van der Waals surface area contributed by atoms with Gasteiger partial charge < -0.3 is 4.74 Å². The first-order valence-corrected chi connectivity index (χ1v) is 7.34. The van der Waals surface area contributed by atoms with Crippen LogP contribution < -0.4 is 16.0 Å². The second kappa shape index (κ2) is 7.75. The number of nitrogens with one attached hydrogen (secondary N) is 1. The number of hydrogen-bond donors (Lipinski definition) is 2. The summed E-state index contributed by atoms with van der Waals surface area (Å²) in [5, 5.41) is 0.418. The van der Waals surface area contributed by atoms with Gasteiger partial charge >= 0.3 is 6.36 Å². The molecule has 0 aromatic heterocycles. The van der Waals surface area contributed by atoms with Gasteiger partial charge in [-0.15, -0.1) is 13.2 Å². The summed E-state index contributed by atoms with van der Waals surface area (Å²) >= 11 is 1.65. The van der Waals surface area contributed by atoms with Gasteiger partial charge in [0.1, 0.15) is 5.75 Å². The Balaban J connectivity index is 2.86. The van der Waals surface area contributed by atoms with E-state index in [1.54, 1.807) is 23.9 Å². The van der Waals surface area contributed by atoms with Crippen LogP contribution in [0.5, 0.6) is 5.75 Å². The van der Waals surface area contributed by atoms with Crippen molar-refractivity contribution < 1.29 is 17.9 Å². The molecule has 2 atom stereocenters. The minimum absolute atomic E-state index is 0.215. The minimum atomic E-state index is -4.71. The number of halogens is 3. The Kier molecular flexibility index (Phi) is 6.64. The normalized spacial score (nSPS) is 14.9. The molecule has 0 radical (unpaired) electrons. The monoisotopic (exact) mass is 308 g/mol. The molecule has 0 aliphatic rings. The van der Waals surface area contributed by atoms with Crippen molar-refractivity contribution in [3.63, 3.8) is 0 Å². The number of rotatable bonds is 7. The lowest BCUT2D eigenvalue weighted by Gasteiger charge is -2.21. The molecule has 7 heteroatoms. The van der Waals surface area contributed by atoms with E-state index in [4.69, 9.17) is 5.84 Å². The molecule has 2 unspecified atom stereocenters. The van der Waals surface area contributed by atoms with E-state index in [0.717, 1.165) is 6.42 Å². The molecule has 0 amide bonds. The largest absolute Gasteiger partial charge is 0.573 e. The highest BCUT2D eigenvalue weighted by molar-refractivity contribution is 7.99. The maximum absolute atomic E-state index is 12.4. The Hall–Kier alpha value is -0.920. The lowest BCUT2D eigenvalue weighted by Crippen LogP contribution is -2.31. The van der Waals surface area contributed by atoms with E-state index in [1.165, 1.54) is 12.1 Å². The van der Waals surface area contributed by atoms with Gasteiger partial charge in [-0.2, -0.15) is 11.8 Å². The van der Waals surface area contributed by atoms with Crippen LogP contribution in [0.25, 0.3) is 0 Å². The summed E-state index contributed by atoms with van der Waals surface area (Å²) in [6, 6.07) is 5.65. The summed E-state index contributed by atoms with van der Waals surface area (Å²) in [6.07, 6.45) is -3.72. The first kappa shape index (κ1) is 17.1. The lowest BCUT2D eigenvalue weighted by molar-refractivity contribution is -0.275. The third-order valence-electron chi connectivity index (χ3n) is 2.84. The van der Waals surface area contributed by atoms with E-state index in [9.17, 15) is 13.2 Å². The van der Waals surface area contributed by atoms with Crippen molar-refractivity contribution in [3.8, 4) is 5.75 Å². The topological polar surface area (TPSA) is 47.3 Å². The molecule has 0 saturated carbocycles. The highest BCUT2D eigenvalue weighted by atomic mass is 32.2. The molecule has 0 spiro atoms. The van der Waals surface area contributed by atoms with Crippen molar-refractivity contribution in [1.82, 2.24) is 5.43 Å². The Morgan fingerprint density at radius 1 is 1.35 bits per heavy atom. The van der Waals surface area contributed by atoms with E-state index < -0.39 is 12.4 Å². The Labute approximate surface area is 121 Å². The zero-order valence-corrected chi connectivity index (χ0v) is 12.2. The van der Waals surface area contributed by atoms with Gasteiger partial charge in [0.05, 0.1) is 6.04 Å². The zero-order chi connectivity index (χ0) is 15.2. The summed E-state index contributed by atoms with van der Waals surface area (Å²) in [7, 11) is 0. The molecule has 0 aliphatic carbocycles. The molecule has 3 N–H and O–H groups in total. The quantitative estimate of drug-likeness (QED) is 0.596. The van der Waals surface area contributed by atoms with E-state index in [2.05, 4.69) is 24.0 Å². The Bertz CT molecular complexity index is 415. The average molecular weight is 308 g/mol. The van der Waals surface area contributed by atoms with E-state index >= 15 is 0 Å². The van der Waals surface area contributed by atoms with Crippen LogP contribution in [0.4, 0.5) is 13.2 Å². The van der Waals surface area contributed by atoms with Crippen LogP contribution in [0.2, 0.25) is 0 Å². The first-order valence-electron chi connectivity index (χ1n) is 6.29. The molecule has 114 valence electrons. The van der Waals surface area contributed by atoms with Crippen molar-refractivity contribution >= 4 is 11.8 Å². The van der Waals surface area contributed by atoms with Gasteiger partial charge in [-0.3, -0.25) is 11.3 Å². The number of benzene rings is 1. The zero-order valence-electron chi connectivity index (χ0n) is 11.4. The summed E-state index contributed by atoms with van der Waals surface area (Å²) in [4.78, 5) is 0. The smallest absolute Gasteiger partial charge is 0.405 e. The van der Waals surface area contributed by atoms with Crippen LogP contribution in [-0.4, -0.2) is 17.4 Å². The van der Waals surface area contributed by atoms with Crippen LogP contribution in [0.3, 0.4) is 0 Å². The summed E-state index contributed by atoms with van der Waals surface area (Å²) < 4.78 is 41.2. The van der Waals surface area contributed by atoms with Crippen molar-refractivity contribution in [3.05, 3.63) is 29.8 Å². The van der Waals surface area contributed by atoms with Crippen LogP contribution in [0.1, 0.15) is 31.9 Å². The van der Waals surface area contributed by atoms with Crippen LogP contribution in [-0.2, 0) is 0 Å². The number of ether oxygens (including phenoxy) is 1. The molecule has 20 heavy (non-hydrogen) atoms. The number of nitrogens with two attached hydrogens (primary N) is 1. The molecule has 0 fully saturated rings. The van der Waals surface area contributed by atoms with E-state index in [-0.39, 0.29) is 5.75 Å². The number of alkyl halides is 3. The van der Waals surface area contributed by atoms with Crippen molar-refractivity contribution in [2.75, 3.05) is 5.75 Å². The fourth-order valence-electron chi connectivity index (χ4n) is 1.59. The Morgan fingerprint density at radius 2 is 2.00 bits per heavy atom. The molecule has 3 nitrogen and oxygen atoms in total. The lowest BCUT2D eigenvalue weighted by atomic mass is 10.1. The first-order chi connectivity index (χ1) is 9.37. The van der Waals surface area contributed by atoms with Gasteiger partial charge in [0, 0.05) is 16.6 Å². The average Bonchev–Trinajstić information content (AvgIpc) is 2.39. The van der Waals surface area contributed by atoms with Crippen LogP contribution in [0, 0.1) is 0 Å². The fourth-order valence-corrected chi connectivity index (χ4v) is 2.62. The molecular weight excluding hydrogens is 289 g/mol. The van der Waals surface area contributed by atoms with Crippen molar-refractivity contribution in [1.29, 1.82) is 0 Å². The van der Waals surface area contributed by atoms with Gasteiger partial charge in [-0.25, -0.2) is 0 Å². The third-order valence-corrected chi connectivity index (χ3v) is 4.27. The van der Waals surface area contributed by atoms with Gasteiger partial charge in [0.15, 0.2) is 0 Å². The fraction of sp³-hybridized carbons (Fsp3) is 0.538. The predicted octanol–water partition coefficient (Wildman–Crippen LogP) is 3.62. The van der Waals surface area contributed by atoms with Crippen LogP contribution in [0.15, 0.2) is 24.3 Å². The standard InChI is InChI=1S/C13H19F3N2OS/c1-3-9(2)20-8-11(18-17)10-6-4-5-7-12(10)19-13(14,15)16/h4-7,9,11,18H,3,8,17H2,1-2H3. The second-order valence-electron chi connectivity index (χ2n) is 4.36. The summed E-state index contributed by atoms with van der Waals surface area (Å²) in [6.45, 7) is 4.12. The predicted molar refractivity (Wildman–Crippen MR) is 75.4 cm³/mol. The molecule has 0 aliphatic heterocycles. The molecule has 1 rings (SSSR count). The van der Waals surface area contributed by atoms with Crippen LogP contribution >= 0.6 is 11.8 Å². The number of hydrogen-bond acceptors (Lipinski definition) is 4. The minimum Gasteiger partial charge on any atom is -0.405 e.